The summed E-state index contributed by atoms with van der Waals surface area (Å²) in [6.07, 6.45) is 1.16. The summed E-state index contributed by atoms with van der Waals surface area (Å²) in [4.78, 5) is 0. The molecule has 0 saturated heterocycles. The SMILES string of the molecule is CC[C@H](C)NCc1ccc(Br)c(Br)c1. The van der Waals surface area contributed by atoms with E-state index in [4.69, 9.17) is 0 Å². The molecule has 0 heterocycles. The first-order valence-corrected chi connectivity index (χ1v) is 6.39. The van der Waals surface area contributed by atoms with Crippen molar-refractivity contribution in [3.63, 3.8) is 0 Å². The number of nitrogens with one attached hydrogen (secondary N) is 1. The fourth-order valence-corrected chi connectivity index (χ4v) is 1.76. The van der Waals surface area contributed by atoms with Gasteiger partial charge in [0.1, 0.15) is 0 Å². The molecule has 0 radical (unpaired) electrons. The Morgan fingerprint density at radius 1 is 1.29 bits per heavy atom. The van der Waals surface area contributed by atoms with Crippen molar-refractivity contribution >= 4 is 31.9 Å². The summed E-state index contributed by atoms with van der Waals surface area (Å²) in [6.45, 7) is 5.32. The number of hydrogen-bond acceptors (Lipinski definition) is 1. The van der Waals surface area contributed by atoms with Gasteiger partial charge >= 0.3 is 0 Å². The van der Waals surface area contributed by atoms with Crippen LogP contribution in [0, 0.1) is 0 Å². The molecule has 1 rings (SSSR count). The van der Waals surface area contributed by atoms with Crippen molar-refractivity contribution < 1.29 is 0 Å². The molecule has 0 aliphatic rings. The van der Waals surface area contributed by atoms with E-state index in [1.165, 1.54) is 5.56 Å². The maximum atomic E-state index is 3.50. The van der Waals surface area contributed by atoms with Crippen molar-refractivity contribution in [2.24, 2.45) is 0 Å². The molecule has 0 saturated carbocycles. The van der Waals surface area contributed by atoms with E-state index in [-0.39, 0.29) is 0 Å². The molecule has 0 aliphatic carbocycles. The van der Waals surface area contributed by atoms with Gasteiger partial charge in [0, 0.05) is 21.5 Å². The van der Waals surface area contributed by atoms with Gasteiger partial charge in [0.2, 0.25) is 0 Å². The maximum absolute atomic E-state index is 3.50. The van der Waals surface area contributed by atoms with Crippen LogP contribution in [0.2, 0.25) is 0 Å². The minimum absolute atomic E-state index is 0.581. The third-order valence-corrected chi connectivity index (χ3v) is 4.13. The molecule has 3 heteroatoms. The van der Waals surface area contributed by atoms with Gasteiger partial charge in [-0.05, 0) is 62.9 Å². The van der Waals surface area contributed by atoms with Crippen LogP contribution in [0.4, 0.5) is 0 Å². The summed E-state index contributed by atoms with van der Waals surface area (Å²) in [5, 5.41) is 3.46. The van der Waals surface area contributed by atoms with Gasteiger partial charge in [-0.25, -0.2) is 0 Å². The van der Waals surface area contributed by atoms with Gasteiger partial charge in [0.05, 0.1) is 0 Å². The smallest absolute Gasteiger partial charge is 0.0320 e. The van der Waals surface area contributed by atoms with Crippen molar-refractivity contribution in [1.82, 2.24) is 5.32 Å². The third kappa shape index (κ3) is 3.71. The molecule has 1 nitrogen and oxygen atoms in total. The molecule has 1 atom stereocenters. The van der Waals surface area contributed by atoms with Crippen LogP contribution in [-0.4, -0.2) is 6.04 Å². The average molecular weight is 321 g/mol. The van der Waals surface area contributed by atoms with E-state index in [0.717, 1.165) is 21.9 Å². The average Bonchev–Trinajstić information content (AvgIpc) is 2.19. The van der Waals surface area contributed by atoms with Crippen molar-refractivity contribution in [3.8, 4) is 0 Å². The van der Waals surface area contributed by atoms with Crippen LogP contribution in [0.3, 0.4) is 0 Å². The Hall–Kier alpha value is 0.140. The maximum Gasteiger partial charge on any atom is 0.0320 e. The van der Waals surface area contributed by atoms with E-state index in [2.05, 4.69) is 69.2 Å². The highest BCUT2D eigenvalue weighted by molar-refractivity contribution is 9.13. The van der Waals surface area contributed by atoms with Crippen LogP contribution in [0.1, 0.15) is 25.8 Å². The van der Waals surface area contributed by atoms with Crippen LogP contribution in [0.15, 0.2) is 27.1 Å². The molecule has 14 heavy (non-hydrogen) atoms. The molecule has 0 aliphatic heterocycles. The summed E-state index contributed by atoms with van der Waals surface area (Å²) in [5.74, 6) is 0. The van der Waals surface area contributed by atoms with Crippen LogP contribution in [0.5, 0.6) is 0 Å². The highest BCUT2D eigenvalue weighted by Gasteiger charge is 2.00. The lowest BCUT2D eigenvalue weighted by molar-refractivity contribution is 0.534. The van der Waals surface area contributed by atoms with Crippen molar-refractivity contribution in [2.45, 2.75) is 32.9 Å². The lowest BCUT2D eigenvalue weighted by Crippen LogP contribution is -2.24. The molecular formula is C11H15Br2N. The summed E-state index contributed by atoms with van der Waals surface area (Å²) in [6, 6.07) is 6.92. The fraction of sp³-hybridized carbons (Fsp3) is 0.455. The van der Waals surface area contributed by atoms with Crippen LogP contribution < -0.4 is 5.32 Å². The summed E-state index contributed by atoms with van der Waals surface area (Å²) >= 11 is 6.95. The fourth-order valence-electron chi connectivity index (χ4n) is 1.09. The van der Waals surface area contributed by atoms with Crippen molar-refractivity contribution in [1.29, 1.82) is 0 Å². The Kier molecular flexibility index (Phi) is 5.13. The summed E-state index contributed by atoms with van der Waals surface area (Å²) in [7, 11) is 0. The molecule has 1 aromatic rings. The van der Waals surface area contributed by atoms with Gasteiger partial charge in [-0.3, -0.25) is 0 Å². The van der Waals surface area contributed by atoms with Crippen molar-refractivity contribution in [3.05, 3.63) is 32.7 Å². The molecule has 0 unspecified atom stereocenters. The number of rotatable bonds is 4. The van der Waals surface area contributed by atoms with Crippen molar-refractivity contribution in [2.75, 3.05) is 0 Å². The molecular weight excluding hydrogens is 306 g/mol. The highest BCUT2D eigenvalue weighted by Crippen LogP contribution is 2.23. The normalized spacial score (nSPS) is 12.9. The van der Waals surface area contributed by atoms with Gasteiger partial charge in [0.15, 0.2) is 0 Å². The second kappa shape index (κ2) is 5.89. The Morgan fingerprint density at radius 2 is 2.00 bits per heavy atom. The summed E-state index contributed by atoms with van der Waals surface area (Å²) < 4.78 is 2.21. The van der Waals surface area contributed by atoms with Gasteiger partial charge in [0.25, 0.3) is 0 Å². The molecule has 78 valence electrons. The van der Waals surface area contributed by atoms with E-state index in [0.29, 0.717) is 6.04 Å². The standard InChI is InChI=1S/C11H15Br2N/c1-3-8(2)14-7-9-4-5-10(12)11(13)6-9/h4-6,8,14H,3,7H2,1-2H3/t8-/m0/s1. The van der Waals surface area contributed by atoms with E-state index in [9.17, 15) is 0 Å². The van der Waals surface area contributed by atoms with E-state index in [1.807, 2.05) is 0 Å². The van der Waals surface area contributed by atoms with E-state index in [1.54, 1.807) is 0 Å². The topological polar surface area (TPSA) is 12.0 Å². The predicted octanol–water partition coefficient (Wildman–Crippen LogP) is 4.10. The number of hydrogen-bond donors (Lipinski definition) is 1. The van der Waals surface area contributed by atoms with Crippen LogP contribution in [0.25, 0.3) is 0 Å². The zero-order valence-corrected chi connectivity index (χ0v) is 11.7. The number of halogens is 2. The minimum atomic E-state index is 0.581. The summed E-state index contributed by atoms with van der Waals surface area (Å²) in [5.41, 5.74) is 1.31. The van der Waals surface area contributed by atoms with E-state index < -0.39 is 0 Å². The lowest BCUT2D eigenvalue weighted by Gasteiger charge is -2.11. The first kappa shape index (κ1) is 12.2. The Bertz CT molecular complexity index is 299. The Labute approximate surface area is 103 Å². The molecule has 0 spiro atoms. The first-order chi connectivity index (χ1) is 6.63. The van der Waals surface area contributed by atoms with Gasteiger partial charge < -0.3 is 5.32 Å². The number of benzene rings is 1. The van der Waals surface area contributed by atoms with Gasteiger partial charge in [-0.1, -0.05) is 13.0 Å². The molecule has 0 amide bonds. The molecule has 0 bridgehead atoms. The second-order valence-electron chi connectivity index (χ2n) is 3.44. The zero-order chi connectivity index (χ0) is 10.6. The van der Waals surface area contributed by atoms with Gasteiger partial charge in [-0.2, -0.15) is 0 Å². The Morgan fingerprint density at radius 3 is 2.57 bits per heavy atom. The molecule has 1 aromatic carbocycles. The predicted molar refractivity (Wildman–Crippen MR) is 68.4 cm³/mol. The second-order valence-corrected chi connectivity index (χ2v) is 5.15. The molecule has 1 N–H and O–H groups in total. The van der Waals surface area contributed by atoms with Gasteiger partial charge in [-0.15, -0.1) is 0 Å². The highest BCUT2D eigenvalue weighted by atomic mass is 79.9. The van der Waals surface area contributed by atoms with Crippen LogP contribution in [-0.2, 0) is 6.54 Å². The quantitative estimate of drug-likeness (QED) is 0.880. The third-order valence-electron chi connectivity index (χ3n) is 2.25. The largest absolute Gasteiger partial charge is 0.310 e. The Balaban J connectivity index is 2.55. The van der Waals surface area contributed by atoms with E-state index >= 15 is 0 Å². The van der Waals surface area contributed by atoms with Crippen LogP contribution >= 0.6 is 31.9 Å². The monoisotopic (exact) mass is 319 g/mol. The molecule has 0 fully saturated rings. The lowest BCUT2D eigenvalue weighted by atomic mass is 10.2. The first-order valence-electron chi connectivity index (χ1n) is 4.80. The minimum Gasteiger partial charge on any atom is -0.310 e. The zero-order valence-electron chi connectivity index (χ0n) is 8.48. The molecule has 0 aromatic heterocycles.